The fraction of sp³-hybridized carbons (Fsp3) is 0.273. The molecule has 1 aliphatic rings. The summed E-state index contributed by atoms with van der Waals surface area (Å²) in [7, 11) is 0. The van der Waals surface area contributed by atoms with Crippen LogP contribution < -0.4 is 11.1 Å². The minimum absolute atomic E-state index is 0.291. The Hall–Kier alpha value is -1.84. The number of para-hydroxylation sites is 1. The Morgan fingerprint density at radius 1 is 1.20 bits per heavy atom. The Labute approximate surface area is 87.5 Å². The van der Waals surface area contributed by atoms with Gasteiger partial charge in [-0.2, -0.15) is 0 Å². The highest BCUT2D eigenvalue weighted by Crippen LogP contribution is 2.46. The standard InChI is InChI=1S/C11H12N2O2/c12-9(14)11(6-7-11)10(15)13-8-4-2-1-3-5-8/h1-5H,6-7H2,(H2,12,14)(H,13,15). The predicted molar refractivity (Wildman–Crippen MR) is 55.9 cm³/mol. The van der Waals surface area contributed by atoms with Gasteiger partial charge >= 0.3 is 0 Å². The third-order valence-electron chi connectivity index (χ3n) is 2.69. The molecule has 1 aromatic rings. The van der Waals surface area contributed by atoms with Gasteiger partial charge in [0, 0.05) is 5.69 Å². The van der Waals surface area contributed by atoms with Crippen molar-refractivity contribution in [3.63, 3.8) is 0 Å². The molecule has 0 bridgehead atoms. The lowest BCUT2D eigenvalue weighted by Gasteiger charge is -2.11. The van der Waals surface area contributed by atoms with Crippen LogP contribution >= 0.6 is 0 Å². The van der Waals surface area contributed by atoms with Gasteiger partial charge in [-0.15, -0.1) is 0 Å². The number of amides is 2. The predicted octanol–water partition coefficient (Wildman–Crippen LogP) is 0.891. The van der Waals surface area contributed by atoms with Crippen molar-refractivity contribution in [2.45, 2.75) is 12.8 Å². The van der Waals surface area contributed by atoms with Crippen molar-refractivity contribution in [3.05, 3.63) is 30.3 Å². The average molecular weight is 204 g/mol. The molecule has 2 rings (SSSR count). The number of rotatable bonds is 3. The molecule has 1 fully saturated rings. The van der Waals surface area contributed by atoms with Crippen molar-refractivity contribution in [3.8, 4) is 0 Å². The van der Waals surface area contributed by atoms with Gasteiger partial charge < -0.3 is 11.1 Å². The molecule has 0 unspecified atom stereocenters. The van der Waals surface area contributed by atoms with Crippen LogP contribution in [0.15, 0.2) is 30.3 Å². The van der Waals surface area contributed by atoms with Crippen LogP contribution in [-0.2, 0) is 9.59 Å². The molecule has 15 heavy (non-hydrogen) atoms. The van der Waals surface area contributed by atoms with Crippen LogP contribution in [0.3, 0.4) is 0 Å². The lowest BCUT2D eigenvalue weighted by Crippen LogP contribution is -2.36. The summed E-state index contributed by atoms with van der Waals surface area (Å²) in [5.74, 6) is -0.822. The molecule has 78 valence electrons. The van der Waals surface area contributed by atoms with Crippen LogP contribution in [0.1, 0.15) is 12.8 Å². The number of anilines is 1. The first-order valence-corrected chi connectivity index (χ1v) is 4.81. The molecule has 0 aliphatic heterocycles. The summed E-state index contributed by atoms with van der Waals surface area (Å²) in [6, 6.07) is 9.04. The zero-order chi connectivity index (χ0) is 10.9. The molecule has 3 N–H and O–H groups in total. The second-order valence-corrected chi connectivity index (χ2v) is 3.77. The fourth-order valence-electron chi connectivity index (χ4n) is 1.48. The van der Waals surface area contributed by atoms with E-state index in [9.17, 15) is 9.59 Å². The van der Waals surface area contributed by atoms with Crippen LogP contribution in [0.2, 0.25) is 0 Å². The maximum absolute atomic E-state index is 11.7. The van der Waals surface area contributed by atoms with Crippen LogP contribution in [-0.4, -0.2) is 11.8 Å². The molecular formula is C11H12N2O2. The SMILES string of the molecule is NC(=O)C1(C(=O)Nc2ccccc2)CC1. The second-order valence-electron chi connectivity index (χ2n) is 3.77. The monoisotopic (exact) mass is 204 g/mol. The summed E-state index contributed by atoms with van der Waals surface area (Å²) in [6.45, 7) is 0. The fourth-order valence-corrected chi connectivity index (χ4v) is 1.48. The van der Waals surface area contributed by atoms with Crippen molar-refractivity contribution < 1.29 is 9.59 Å². The Bertz CT molecular complexity index is 396. The average Bonchev–Trinajstić information content (AvgIpc) is 2.99. The molecule has 1 aliphatic carbocycles. The van der Waals surface area contributed by atoms with Crippen LogP contribution in [0.5, 0.6) is 0 Å². The first-order valence-electron chi connectivity index (χ1n) is 4.81. The first kappa shape index (κ1) is 9.71. The minimum atomic E-state index is -0.949. The molecule has 1 saturated carbocycles. The van der Waals surface area contributed by atoms with Crippen molar-refractivity contribution in [1.29, 1.82) is 0 Å². The van der Waals surface area contributed by atoms with Gasteiger partial charge in [0.25, 0.3) is 0 Å². The zero-order valence-electron chi connectivity index (χ0n) is 8.19. The van der Waals surface area contributed by atoms with Crippen LogP contribution in [0.4, 0.5) is 5.69 Å². The Morgan fingerprint density at radius 2 is 1.80 bits per heavy atom. The molecule has 0 atom stereocenters. The van der Waals surface area contributed by atoms with E-state index >= 15 is 0 Å². The number of hydrogen-bond donors (Lipinski definition) is 2. The van der Waals surface area contributed by atoms with Gasteiger partial charge in [0.2, 0.25) is 11.8 Å². The largest absolute Gasteiger partial charge is 0.369 e. The lowest BCUT2D eigenvalue weighted by molar-refractivity contribution is -0.132. The minimum Gasteiger partial charge on any atom is -0.369 e. The highest BCUT2D eigenvalue weighted by Gasteiger charge is 2.55. The van der Waals surface area contributed by atoms with Gasteiger partial charge in [0.05, 0.1) is 0 Å². The van der Waals surface area contributed by atoms with Crippen LogP contribution in [0.25, 0.3) is 0 Å². The summed E-state index contributed by atoms with van der Waals surface area (Å²) in [5.41, 5.74) is 4.93. The number of benzene rings is 1. The van der Waals surface area contributed by atoms with Gasteiger partial charge in [0.1, 0.15) is 5.41 Å². The highest BCUT2D eigenvalue weighted by molar-refractivity contribution is 6.12. The van der Waals surface area contributed by atoms with Gasteiger partial charge in [-0.3, -0.25) is 9.59 Å². The number of carbonyl (C=O) groups excluding carboxylic acids is 2. The molecule has 0 radical (unpaired) electrons. The highest BCUT2D eigenvalue weighted by atomic mass is 16.2. The van der Waals surface area contributed by atoms with E-state index < -0.39 is 11.3 Å². The molecule has 0 heterocycles. The molecular weight excluding hydrogens is 192 g/mol. The summed E-state index contributed by atoms with van der Waals surface area (Å²) >= 11 is 0. The molecule has 0 saturated heterocycles. The molecule has 0 aromatic heterocycles. The normalized spacial score (nSPS) is 16.8. The topological polar surface area (TPSA) is 72.2 Å². The maximum atomic E-state index is 11.7. The number of nitrogens with one attached hydrogen (secondary N) is 1. The maximum Gasteiger partial charge on any atom is 0.240 e. The zero-order valence-corrected chi connectivity index (χ0v) is 8.19. The molecule has 0 spiro atoms. The number of primary amides is 1. The van der Waals surface area contributed by atoms with Gasteiger partial charge in [0.15, 0.2) is 0 Å². The van der Waals surface area contributed by atoms with E-state index in [0.717, 1.165) is 0 Å². The summed E-state index contributed by atoms with van der Waals surface area (Å²) in [5, 5.41) is 2.69. The van der Waals surface area contributed by atoms with E-state index in [0.29, 0.717) is 18.5 Å². The number of hydrogen-bond acceptors (Lipinski definition) is 2. The third-order valence-corrected chi connectivity index (χ3v) is 2.69. The van der Waals surface area contributed by atoms with Gasteiger partial charge in [-0.05, 0) is 25.0 Å². The van der Waals surface area contributed by atoms with Crippen molar-refractivity contribution >= 4 is 17.5 Å². The Morgan fingerprint density at radius 3 is 2.27 bits per heavy atom. The van der Waals surface area contributed by atoms with Gasteiger partial charge in [-0.25, -0.2) is 0 Å². The Kier molecular flexibility index (Phi) is 2.19. The van der Waals surface area contributed by atoms with Crippen molar-refractivity contribution in [2.24, 2.45) is 11.1 Å². The molecule has 4 nitrogen and oxygen atoms in total. The summed E-state index contributed by atoms with van der Waals surface area (Å²) < 4.78 is 0. The summed E-state index contributed by atoms with van der Waals surface area (Å²) in [6.07, 6.45) is 1.11. The lowest BCUT2D eigenvalue weighted by atomic mass is 10.1. The van der Waals surface area contributed by atoms with E-state index in [1.165, 1.54) is 0 Å². The second kappa shape index (κ2) is 3.38. The van der Waals surface area contributed by atoms with E-state index in [2.05, 4.69) is 5.32 Å². The molecule has 1 aromatic carbocycles. The third kappa shape index (κ3) is 1.70. The quantitative estimate of drug-likeness (QED) is 0.718. The smallest absolute Gasteiger partial charge is 0.240 e. The number of carbonyl (C=O) groups is 2. The Balaban J connectivity index is 2.08. The first-order chi connectivity index (χ1) is 7.15. The van der Waals surface area contributed by atoms with E-state index in [-0.39, 0.29) is 5.91 Å². The summed E-state index contributed by atoms with van der Waals surface area (Å²) in [4.78, 5) is 22.8. The van der Waals surface area contributed by atoms with Crippen molar-refractivity contribution in [1.82, 2.24) is 0 Å². The van der Waals surface area contributed by atoms with E-state index in [4.69, 9.17) is 5.73 Å². The molecule has 4 heteroatoms. The van der Waals surface area contributed by atoms with E-state index in [1.54, 1.807) is 12.1 Å². The van der Waals surface area contributed by atoms with Crippen molar-refractivity contribution in [2.75, 3.05) is 5.32 Å². The number of nitrogens with two attached hydrogens (primary N) is 1. The van der Waals surface area contributed by atoms with Crippen LogP contribution in [0, 0.1) is 5.41 Å². The molecule has 2 amide bonds. The van der Waals surface area contributed by atoms with E-state index in [1.807, 2.05) is 18.2 Å². The van der Waals surface area contributed by atoms with Gasteiger partial charge in [-0.1, -0.05) is 18.2 Å².